The van der Waals surface area contributed by atoms with Crippen LogP contribution in [0.1, 0.15) is 52.4 Å². The summed E-state index contributed by atoms with van der Waals surface area (Å²) in [5.74, 6) is -0.123. The molecule has 1 atom stereocenters. The van der Waals surface area contributed by atoms with Crippen LogP contribution in [0.5, 0.6) is 0 Å². The number of ketones is 1. The van der Waals surface area contributed by atoms with Crippen molar-refractivity contribution in [3.8, 4) is 0 Å². The van der Waals surface area contributed by atoms with Crippen molar-refractivity contribution >= 4 is 17.8 Å². The molecule has 0 saturated carbocycles. The minimum Gasteiger partial charge on any atom is -0.481 e. The topological polar surface area (TPSA) is 86.7 Å². The van der Waals surface area contributed by atoms with Gasteiger partial charge in [0.05, 0.1) is 6.42 Å². The average molecular weight is 300 g/mol. The standard InChI is InChI=1S/C8H16N2O.C7H12O3/c1-3-7-4-5-10(6-7)8(11)9-2;1-2-3-6(8)4-5-7(9)10/h7H,3-6H2,1-2H3,(H,9,11);2-5H2,1H3,(H,9,10). The van der Waals surface area contributed by atoms with Crippen LogP contribution in [0.3, 0.4) is 0 Å². The number of nitrogens with zero attached hydrogens (tertiary/aromatic N) is 1. The van der Waals surface area contributed by atoms with Gasteiger partial charge in [-0.2, -0.15) is 0 Å². The number of rotatable bonds is 6. The van der Waals surface area contributed by atoms with Gasteiger partial charge in [0.2, 0.25) is 0 Å². The Balaban J connectivity index is 0.000000384. The first-order chi connectivity index (χ1) is 9.94. The number of carboxylic acid groups (broad SMARTS) is 1. The Labute approximate surface area is 126 Å². The number of nitrogens with one attached hydrogen (secondary N) is 1. The molecule has 1 saturated heterocycles. The van der Waals surface area contributed by atoms with Gasteiger partial charge in [-0.15, -0.1) is 0 Å². The highest BCUT2D eigenvalue weighted by molar-refractivity contribution is 5.82. The third-order valence-electron chi connectivity index (χ3n) is 3.51. The molecular weight excluding hydrogens is 272 g/mol. The number of carbonyl (C=O) groups is 3. The molecule has 1 aliphatic heterocycles. The van der Waals surface area contributed by atoms with Crippen molar-refractivity contribution in [3.63, 3.8) is 0 Å². The van der Waals surface area contributed by atoms with E-state index in [2.05, 4.69) is 12.2 Å². The van der Waals surface area contributed by atoms with Gasteiger partial charge in [-0.3, -0.25) is 9.59 Å². The van der Waals surface area contributed by atoms with Gasteiger partial charge in [0, 0.05) is 33.0 Å². The van der Waals surface area contributed by atoms with Crippen molar-refractivity contribution in [3.05, 3.63) is 0 Å². The summed E-state index contributed by atoms with van der Waals surface area (Å²) in [4.78, 5) is 33.6. The summed E-state index contributed by atoms with van der Waals surface area (Å²) in [5.41, 5.74) is 0. The molecule has 2 amide bonds. The number of hydrogen-bond donors (Lipinski definition) is 2. The Morgan fingerprint density at radius 3 is 2.29 bits per heavy atom. The number of likely N-dealkylation sites (tertiary alicyclic amines) is 1. The lowest BCUT2D eigenvalue weighted by molar-refractivity contribution is -0.138. The van der Waals surface area contributed by atoms with E-state index in [1.165, 1.54) is 12.8 Å². The van der Waals surface area contributed by atoms with Gasteiger partial charge in [0.1, 0.15) is 5.78 Å². The third-order valence-corrected chi connectivity index (χ3v) is 3.51. The number of urea groups is 1. The summed E-state index contributed by atoms with van der Waals surface area (Å²) < 4.78 is 0. The van der Waals surface area contributed by atoms with Crippen molar-refractivity contribution in [2.75, 3.05) is 20.1 Å². The van der Waals surface area contributed by atoms with Crippen molar-refractivity contribution < 1.29 is 19.5 Å². The number of carbonyl (C=O) groups excluding carboxylic acids is 2. The highest BCUT2D eigenvalue weighted by atomic mass is 16.4. The minimum atomic E-state index is -0.899. The molecule has 6 nitrogen and oxygen atoms in total. The quantitative estimate of drug-likeness (QED) is 0.788. The molecule has 0 aliphatic carbocycles. The van der Waals surface area contributed by atoms with E-state index in [0.717, 1.165) is 25.4 Å². The Morgan fingerprint density at radius 1 is 1.19 bits per heavy atom. The van der Waals surface area contributed by atoms with E-state index in [1.807, 2.05) is 11.8 Å². The molecule has 1 rings (SSSR count). The first-order valence-corrected chi connectivity index (χ1v) is 7.64. The van der Waals surface area contributed by atoms with Gasteiger partial charge in [-0.1, -0.05) is 20.3 Å². The van der Waals surface area contributed by atoms with E-state index in [0.29, 0.717) is 6.42 Å². The average Bonchev–Trinajstić information content (AvgIpc) is 2.94. The number of carboxylic acids is 1. The molecule has 6 heteroatoms. The van der Waals surface area contributed by atoms with Crippen LogP contribution in [0.2, 0.25) is 0 Å². The fourth-order valence-electron chi connectivity index (χ4n) is 2.16. The predicted octanol–water partition coefficient (Wildman–Crippen LogP) is 2.28. The second kappa shape index (κ2) is 11.1. The van der Waals surface area contributed by atoms with Crippen LogP contribution in [0.4, 0.5) is 4.79 Å². The summed E-state index contributed by atoms with van der Waals surface area (Å²) in [6.07, 6.45) is 3.82. The van der Waals surface area contributed by atoms with Crippen molar-refractivity contribution in [1.82, 2.24) is 10.2 Å². The molecule has 0 aromatic carbocycles. The lowest BCUT2D eigenvalue weighted by Crippen LogP contribution is -2.36. The second-order valence-corrected chi connectivity index (χ2v) is 5.25. The molecule has 1 unspecified atom stereocenters. The van der Waals surface area contributed by atoms with E-state index in [1.54, 1.807) is 7.05 Å². The Bertz CT molecular complexity index is 345. The van der Waals surface area contributed by atoms with Gasteiger partial charge >= 0.3 is 12.0 Å². The molecule has 21 heavy (non-hydrogen) atoms. The molecule has 0 aromatic heterocycles. The lowest BCUT2D eigenvalue weighted by atomic mass is 10.1. The first kappa shape index (κ1) is 19.4. The van der Waals surface area contributed by atoms with Crippen LogP contribution in [0.15, 0.2) is 0 Å². The van der Waals surface area contributed by atoms with Crippen LogP contribution in [0.25, 0.3) is 0 Å². The van der Waals surface area contributed by atoms with Crippen LogP contribution < -0.4 is 5.32 Å². The molecule has 2 N–H and O–H groups in total. The van der Waals surface area contributed by atoms with E-state index in [9.17, 15) is 14.4 Å². The lowest BCUT2D eigenvalue weighted by Gasteiger charge is -2.14. The van der Waals surface area contributed by atoms with Gasteiger partial charge in [0.15, 0.2) is 0 Å². The van der Waals surface area contributed by atoms with Gasteiger partial charge in [-0.25, -0.2) is 4.79 Å². The maximum atomic E-state index is 11.1. The SMILES string of the molecule is CCC1CCN(C(=O)NC)C1.CCCC(=O)CCC(=O)O. The van der Waals surface area contributed by atoms with Gasteiger partial charge in [-0.05, 0) is 18.8 Å². The number of hydrogen-bond acceptors (Lipinski definition) is 3. The van der Waals surface area contributed by atoms with Crippen LogP contribution in [-0.2, 0) is 9.59 Å². The summed E-state index contributed by atoms with van der Waals surface area (Å²) in [6.45, 7) is 5.95. The zero-order chi connectivity index (χ0) is 16.3. The molecule has 0 bridgehead atoms. The maximum absolute atomic E-state index is 11.1. The zero-order valence-electron chi connectivity index (χ0n) is 13.4. The van der Waals surface area contributed by atoms with E-state index in [-0.39, 0.29) is 24.7 Å². The predicted molar refractivity (Wildman–Crippen MR) is 81.2 cm³/mol. The Morgan fingerprint density at radius 2 is 1.86 bits per heavy atom. The number of aliphatic carboxylic acids is 1. The van der Waals surface area contributed by atoms with E-state index < -0.39 is 5.97 Å². The first-order valence-electron chi connectivity index (χ1n) is 7.64. The zero-order valence-corrected chi connectivity index (χ0v) is 13.4. The smallest absolute Gasteiger partial charge is 0.317 e. The van der Waals surface area contributed by atoms with Crippen LogP contribution in [-0.4, -0.2) is 47.9 Å². The molecule has 0 radical (unpaired) electrons. The monoisotopic (exact) mass is 300 g/mol. The normalized spacial score (nSPS) is 16.9. The van der Waals surface area contributed by atoms with E-state index in [4.69, 9.17) is 5.11 Å². The fraction of sp³-hybridized carbons (Fsp3) is 0.800. The summed E-state index contributed by atoms with van der Waals surface area (Å²) >= 11 is 0. The van der Waals surface area contributed by atoms with Crippen LogP contribution in [0, 0.1) is 5.92 Å². The minimum absolute atomic E-state index is 0.0289. The fourth-order valence-corrected chi connectivity index (χ4v) is 2.16. The van der Waals surface area contributed by atoms with E-state index >= 15 is 0 Å². The van der Waals surface area contributed by atoms with Crippen molar-refractivity contribution in [1.29, 1.82) is 0 Å². The molecule has 1 heterocycles. The number of amides is 2. The summed E-state index contributed by atoms with van der Waals surface area (Å²) in [6, 6.07) is 0.0703. The number of Topliss-reactive ketones (excluding diaryl/α,β-unsaturated/α-hetero) is 1. The molecule has 122 valence electrons. The molecule has 1 aliphatic rings. The Kier molecular flexibility index (Phi) is 10.3. The highest BCUT2D eigenvalue weighted by Crippen LogP contribution is 2.18. The largest absolute Gasteiger partial charge is 0.481 e. The van der Waals surface area contributed by atoms with Crippen LogP contribution >= 0.6 is 0 Å². The van der Waals surface area contributed by atoms with Gasteiger partial charge in [0.25, 0.3) is 0 Å². The summed E-state index contributed by atoms with van der Waals surface area (Å²) in [5, 5.41) is 10.8. The molecule has 1 fully saturated rings. The van der Waals surface area contributed by atoms with Crippen molar-refractivity contribution in [2.45, 2.75) is 52.4 Å². The third kappa shape index (κ3) is 9.05. The molecular formula is C15H28N2O4. The highest BCUT2D eigenvalue weighted by Gasteiger charge is 2.23. The molecule has 0 spiro atoms. The Hall–Kier alpha value is -1.59. The van der Waals surface area contributed by atoms with Crippen molar-refractivity contribution in [2.24, 2.45) is 5.92 Å². The second-order valence-electron chi connectivity index (χ2n) is 5.25. The maximum Gasteiger partial charge on any atom is 0.317 e. The summed E-state index contributed by atoms with van der Waals surface area (Å²) in [7, 11) is 1.68. The molecule has 0 aromatic rings. The van der Waals surface area contributed by atoms with Gasteiger partial charge < -0.3 is 15.3 Å².